The molecule has 0 radical (unpaired) electrons. The number of hydrogen-bond donors (Lipinski definition) is 2. The van der Waals surface area contributed by atoms with Crippen molar-refractivity contribution in [3.8, 4) is 11.8 Å². The smallest absolute Gasteiger partial charge is 0.263 e. The number of carbonyl (C=O) groups excluding carboxylic acids is 1. The van der Waals surface area contributed by atoms with Crippen molar-refractivity contribution in [2.45, 2.75) is 26.1 Å². The summed E-state index contributed by atoms with van der Waals surface area (Å²) < 4.78 is 18.5. The van der Waals surface area contributed by atoms with Crippen molar-refractivity contribution in [2.75, 3.05) is 31.6 Å². The molecule has 174 valence electrons. The van der Waals surface area contributed by atoms with Gasteiger partial charge in [0.25, 0.3) is 5.91 Å². The van der Waals surface area contributed by atoms with Gasteiger partial charge in [-0.05, 0) is 31.5 Å². The van der Waals surface area contributed by atoms with Gasteiger partial charge in [-0.25, -0.2) is 9.97 Å². The van der Waals surface area contributed by atoms with Crippen LogP contribution in [0, 0.1) is 6.92 Å². The molecule has 5 heterocycles. The number of benzene rings is 1. The fraction of sp³-hybridized carbons (Fsp3) is 0.333. The molecule has 2 N–H and O–H groups in total. The van der Waals surface area contributed by atoms with Crippen molar-refractivity contribution < 1.29 is 19.0 Å². The van der Waals surface area contributed by atoms with E-state index in [4.69, 9.17) is 19.2 Å². The van der Waals surface area contributed by atoms with E-state index in [1.54, 1.807) is 6.20 Å². The average molecular weight is 478 g/mol. The summed E-state index contributed by atoms with van der Waals surface area (Å²) in [6.07, 6.45) is 2.69. The number of nitrogens with one attached hydrogen (secondary N) is 2. The second-order valence-electron chi connectivity index (χ2n) is 8.29. The minimum absolute atomic E-state index is 0.0414. The zero-order valence-electron chi connectivity index (χ0n) is 18.6. The first-order valence-electron chi connectivity index (χ1n) is 11.2. The van der Waals surface area contributed by atoms with Gasteiger partial charge in [0.1, 0.15) is 10.7 Å². The molecule has 4 aromatic rings. The molecule has 0 saturated carbocycles. The molecule has 0 spiro atoms. The number of carbonyl (C=O) groups is 1. The fourth-order valence-electron chi connectivity index (χ4n) is 4.22. The Hall–Kier alpha value is -3.34. The van der Waals surface area contributed by atoms with Crippen molar-refractivity contribution in [3.63, 3.8) is 0 Å². The SMILES string of the molecule is Cc1ncc(COC2CCOC2)c(Oc2ccc3c(ccc4sc5c(c43)NCCNC5=O)n2)n1. The van der Waals surface area contributed by atoms with Gasteiger partial charge < -0.3 is 24.8 Å². The van der Waals surface area contributed by atoms with E-state index in [9.17, 15) is 4.79 Å². The second kappa shape index (κ2) is 8.79. The van der Waals surface area contributed by atoms with E-state index in [0.29, 0.717) is 48.8 Å². The van der Waals surface area contributed by atoms with Crippen LogP contribution >= 0.6 is 11.3 Å². The van der Waals surface area contributed by atoms with Crippen molar-refractivity contribution in [3.05, 3.63) is 46.7 Å². The van der Waals surface area contributed by atoms with Gasteiger partial charge in [-0.2, -0.15) is 4.98 Å². The van der Waals surface area contributed by atoms with Gasteiger partial charge in [0, 0.05) is 47.4 Å². The average Bonchev–Trinajstić information content (AvgIpc) is 3.45. The molecule has 0 bridgehead atoms. The van der Waals surface area contributed by atoms with E-state index >= 15 is 0 Å². The van der Waals surface area contributed by atoms with E-state index in [2.05, 4.69) is 20.6 Å². The Bertz CT molecular complexity index is 1400. The summed E-state index contributed by atoms with van der Waals surface area (Å²) in [5.41, 5.74) is 2.41. The van der Waals surface area contributed by atoms with Crippen LogP contribution in [0.2, 0.25) is 0 Å². The van der Waals surface area contributed by atoms with E-state index in [-0.39, 0.29) is 12.0 Å². The normalized spacial score (nSPS) is 17.9. The van der Waals surface area contributed by atoms with E-state index in [1.165, 1.54) is 11.3 Å². The first kappa shape index (κ1) is 21.2. The topological polar surface area (TPSA) is 107 Å². The van der Waals surface area contributed by atoms with Crippen LogP contribution in [-0.4, -0.2) is 53.3 Å². The van der Waals surface area contributed by atoms with Crippen LogP contribution in [0.3, 0.4) is 0 Å². The summed E-state index contributed by atoms with van der Waals surface area (Å²) in [5.74, 6) is 1.43. The maximum atomic E-state index is 12.5. The van der Waals surface area contributed by atoms with Crippen LogP contribution in [0.25, 0.3) is 21.0 Å². The van der Waals surface area contributed by atoms with Crippen molar-refractivity contribution in [1.29, 1.82) is 0 Å². The number of aryl methyl sites for hydroxylation is 1. The van der Waals surface area contributed by atoms with Gasteiger partial charge in [-0.3, -0.25) is 4.79 Å². The highest BCUT2D eigenvalue weighted by Gasteiger charge is 2.23. The molecule has 1 amide bonds. The maximum absolute atomic E-state index is 12.5. The number of rotatable bonds is 5. The minimum Gasteiger partial charge on any atom is -0.420 e. The number of nitrogens with zero attached hydrogens (tertiary/aromatic N) is 3. The van der Waals surface area contributed by atoms with Crippen LogP contribution in [0.4, 0.5) is 5.69 Å². The molecular weight excluding hydrogens is 454 g/mol. The van der Waals surface area contributed by atoms with Crippen LogP contribution in [0.5, 0.6) is 11.8 Å². The summed E-state index contributed by atoms with van der Waals surface area (Å²) >= 11 is 1.49. The van der Waals surface area contributed by atoms with Gasteiger partial charge in [0.05, 0.1) is 36.1 Å². The molecule has 6 rings (SSSR count). The first-order valence-corrected chi connectivity index (χ1v) is 12.1. The molecule has 1 unspecified atom stereocenters. The molecule has 34 heavy (non-hydrogen) atoms. The summed E-state index contributed by atoms with van der Waals surface area (Å²) in [6, 6.07) is 7.76. The third kappa shape index (κ3) is 3.93. The van der Waals surface area contributed by atoms with Gasteiger partial charge in [0.2, 0.25) is 11.8 Å². The highest BCUT2D eigenvalue weighted by atomic mass is 32.1. The standard InChI is InChI=1S/C24H23N5O4S/c1-13-27-10-14(11-32-15-6-9-31-12-15)24(28-13)33-19-5-2-16-17(29-19)3-4-18-20(16)21-22(34-18)23(30)26-8-7-25-21/h2-5,10,15,25H,6-9,11-12H2,1H3,(H,26,30). The number of anilines is 1. The van der Waals surface area contributed by atoms with Gasteiger partial charge >= 0.3 is 0 Å². The zero-order valence-corrected chi connectivity index (χ0v) is 19.4. The summed E-state index contributed by atoms with van der Waals surface area (Å²) in [5, 5.41) is 8.31. The summed E-state index contributed by atoms with van der Waals surface area (Å²) in [4.78, 5) is 26.7. The Kier molecular flexibility index (Phi) is 5.48. The molecule has 1 atom stereocenters. The van der Waals surface area contributed by atoms with Crippen LogP contribution < -0.4 is 15.4 Å². The number of amides is 1. The lowest BCUT2D eigenvalue weighted by molar-refractivity contribution is 0.0306. The number of hydrogen-bond acceptors (Lipinski definition) is 9. The first-order chi connectivity index (χ1) is 16.7. The zero-order chi connectivity index (χ0) is 23.1. The number of thiophene rings is 1. The van der Waals surface area contributed by atoms with Crippen LogP contribution in [0.15, 0.2) is 30.5 Å². The molecule has 10 heteroatoms. The van der Waals surface area contributed by atoms with Crippen LogP contribution in [0.1, 0.15) is 27.5 Å². The Labute approximate surface area is 199 Å². The van der Waals surface area contributed by atoms with Crippen molar-refractivity contribution >= 4 is 43.9 Å². The third-order valence-electron chi connectivity index (χ3n) is 5.92. The number of pyridine rings is 1. The van der Waals surface area contributed by atoms with E-state index in [0.717, 1.165) is 45.3 Å². The monoisotopic (exact) mass is 477 g/mol. The minimum atomic E-state index is -0.0414. The van der Waals surface area contributed by atoms with E-state index in [1.807, 2.05) is 31.2 Å². The van der Waals surface area contributed by atoms with Gasteiger partial charge in [-0.1, -0.05) is 0 Å². The highest BCUT2D eigenvalue weighted by molar-refractivity contribution is 7.21. The highest BCUT2D eigenvalue weighted by Crippen LogP contribution is 2.41. The molecule has 1 fully saturated rings. The quantitative estimate of drug-likeness (QED) is 0.447. The predicted octanol–water partition coefficient (Wildman–Crippen LogP) is 3.80. The number of ether oxygens (including phenoxy) is 3. The Morgan fingerprint density at radius 3 is 2.97 bits per heavy atom. The summed E-state index contributed by atoms with van der Waals surface area (Å²) in [7, 11) is 0. The molecule has 2 aliphatic rings. The molecule has 0 aliphatic carbocycles. The Balaban J connectivity index is 1.33. The molecule has 1 aromatic carbocycles. The number of aromatic nitrogens is 3. The third-order valence-corrected chi connectivity index (χ3v) is 7.08. The van der Waals surface area contributed by atoms with Gasteiger partial charge in [-0.15, -0.1) is 11.3 Å². The molecule has 1 saturated heterocycles. The summed E-state index contributed by atoms with van der Waals surface area (Å²) in [6.45, 7) is 4.76. The lowest BCUT2D eigenvalue weighted by Gasteiger charge is -2.13. The predicted molar refractivity (Wildman–Crippen MR) is 129 cm³/mol. The van der Waals surface area contributed by atoms with Crippen molar-refractivity contribution in [2.24, 2.45) is 0 Å². The Morgan fingerprint density at radius 1 is 1.18 bits per heavy atom. The largest absolute Gasteiger partial charge is 0.420 e. The molecule has 3 aromatic heterocycles. The molecular formula is C24H23N5O4S. The molecule has 2 aliphatic heterocycles. The Morgan fingerprint density at radius 2 is 2.09 bits per heavy atom. The van der Waals surface area contributed by atoms with Crippen LogP contribution in [-0.2, 0) is 16.1 Å². The van der Waals surface area contributed by atoms with Gasteiger partial charge in [0.15, 0.2) is 0 Å². The lowest BCUT2D eigenvalue weighted by Crippen LogP contribution is -2.24. The maximum Gasteiger partial charge on any atom is 0.263 e. The number of fused-ring (bicyclic) bond motifs is 5. The van der Waals surface area contributed by atoms with E-state index < -0.39 is 0 Å². The fourth-order valence-corrected chi connectivity index (χ4v) is 5.34. The molecule has 9 nitrogen and oxygen atoms in total. The second-order valence-corrected chi connectivity index (χ2v) is 9.34. The lowest BCUT2D eigenvalue weighted by atomic mass is 10.1. The van der Waals surface area contributed by atoms with Crippen molar-refractivity contribution in [1.82, 2.24) is 20.3 Å².